The lowest BCUT2D eigenvalue weighted by Crippen LogP contribution is -2.11. The number of benzene rings is 2. The average Bonchev–Trinajstić information content (AvgIpc) is 2.95. The number of nitrogens with zero attached hydrogens (tertiary/aromatic N) is 3. The molecule has 0 fully saturated rings. The number of carbonyl (C=O) groups excluding carboxylic acids is 1. The molecule has 0 N–H and O–H groups in total. The number of aromatic nitrogens is 2. The highest BCUT2D eigenvalue weighted by atomic mass is 19.1. The first-order valence-corrected chi connectivity index (χ1v) is 8.19. The molecule has 4 rings (SSSR count). The van der Waals surface area contributed by atoms with Gasteiger partial charge in [0.05, 0.1) is 17.1 Å². The second-order valence-corrected chi connectivity index (χ2v) is 6.08. The summed E-state index contributed by atoms with van der Waals surface area (Å²) in [6.45, 7) is 3.17. The van der Waals surface area contributed by atoms with E-state index in [1.54, 1.807) is 10.6 Å². The highest BCUT2D eigenvalue weighted by Gasteiger charge is 2.28. The molecule has 0 saturated heterocycles. The van der Waals surface area contributed by atoms with E-state index >= 15 is 0 Å². The fourth-order valence-electron chi connectivity index (χ4n) is 3.10. The zero-order valence-corrected chi connectivity index (χ0v) is 14.3. The van der Waals surface area contributed by atoms with Crippen molar-refractivity contribution in [2.24, 2.45) is 4.99 Å². The van der Waals surface area contributed by atoms with E-state index in [9.17, 15) is 9.18 Å². The monoisotopic (exact) mass is 349 g/mol. The Kier molecular flexibility index (Phi) is 3.88. The summed E-state index contributed by atoms with van der Waals surface area (Å²) in [6.07, 6.45) is 0.915. The molecule has 0 bridgehead atoms. The van der Waals surface area contributed by atoms with Gasteiger partial charge in [-0.15, -0.1) is 0 Å². The van der Waals surface area contributed by atoms with Crippen molar-refractivity contribution in [3.05, 3.63) is 83.2 Å². The standard InChI is InChI=1S/C20H16FN3O2/c1-12-11-24-17-9-8-15(21)10-16(17)18(14-6-4-3-5-7-14)23-20(19(24)22-12)26-13(2)25/h3-11,20H,1-2H3. The quantitative estimate of drug-likeness (QED) is 0.663. The molecule has 5 nitrogen and oxygen atoms in total. The second kappa shape index (κ2) is 6.22. The summed E-state index contributed by atoms with van der Waals surface area (Å²) in [5.74, 6) is -0.344. The topological polar surface area (TPSA) is 56.5 Å². The molecule has 6 heteroatoms. The van der Waals surface area contributed by atoms with Crippen LogP contribution in [0.15, 0.2) is 59.7 Å². The van der Waals surface area contributed by atoms with Crippen molar-refractivity contribution in [1.29, 1.82) is 0 Å². The normalized spacial score (nSPS) is 15.5. The van der Waals surface area contributed by atoms with Crippen molar-refractivity contribution < 1.29 is 13.9 Å². The third-order valence-electron chi connectivity index (χ3n) is 4.12. The minimum Gasteiger partial charge on any atom is -0.432 e. The van der Waals surface area contributed by atoms with E-state index in [-0.39, 0.29) is 5.82 Å². The van der Waals surface area contributed by atoms with Gasteiger partial charge in [0.2, 0.25) is 0 Å². The van der Waals surface area contributed by atoms with Crippen LogP contribution in [0.3, 0.4) is 0 Å². The summed E-state index contributed by atoms with van der Waals surface area (Å²) in [4.78, 5) is 20.7. The van der Waals surface area contributed by atoms with Crippen LogP contribution in [0, 0.1) is 12.7 Å². The van der Waals surface area contributed by atoms with Gasteiger partial charge in [-0.3, -0.25) is 9.36 Å². The summed E-state index contributed by atoms with van der Waals surface area (Å²) >= 11 is 0. The maximum atomic E-state index is 14.0. The molecule has 2 aromatic carbocycles. The Morgan fingerprint density at radius 3 is 2.69 bits per heavy atom. The Labute approximate surface area is 149 Å². The fourth-order valence-corrected chi connectivity index (χ4v) is 3.10. The van der Waals surface area contributed by atoms with Gasteiger partial charge in [0.25, 0.3) is 6.23 Å². The van der Waals surface area contributed by atoms with Gasteiger partial charge in [-0.2, -0.15) is 0 Å². The summed E-state index contributed by atoms with van der Waals surface area (Å²) in [7, 11) is 0. The molecule has 1 aliphatic rings. The van der Waals surface area contributed by atoms with Crippen LogP contribution in [-0.2, 0) is 9.53 Å². The number of carbonyl (C=O) groups is 1. The number of imidazole rings is 1. The van der Waals surface area contributed by atoms with Gasteiger partial charge in [-0.1, -0.05) is 30.3 Å². The molecule has 1 aromatic heterocycles. The number of fused-ring (bicyclic) bond motifs is 3. The number of hydrogen-bond donors (Lipinski definition) is 0. The van der Waals surface area contributed by atoms with Gasteiger partial charge in [0, 0.05) is 24.2 Å². The van der Waals surface area contributed by atoms with Gasteiger partial charge >= 0.3 is 5.97 Å². The van der Waals surface area contributed by atoms with Crippen molar-refractivity contribution in [2.45, 2.75) is 20.1 Å². The molecule has 0 saturated carbocycles. The maximum absolute atomic E-state index is 14.0. The Hall–Kier alpha value is -3.28. The van der Waals surface area contributed by atoms with Crippen LogP contribution in [-0.4, -0.2) is 21.2 Å². The van der Waals surface area contributed by atoms with E-state index in [0.717, 1.165) is 16.9 Å². The molecule has 2 heterocycles. The number of esters is 1. The van der Waals surface area contributed by atoms with Gasteiger partial charge in [-0.05, 0) is 25.1 Å². The highest BCUT2D eigenvalue weighted by Crippen LogP contribution is 2.31. The molecule has 0 spiro atoms. The lowest BCUT2D eigenvalue weighted by molar-refractivity contribution is -0.146. The van der Waals surface area contributed by atoms with Crippen LogP contribution in [0.25, 0.3) is 5.69 Å². The highest BCUT2D eigenvalue weighted by molar-refractivity contribution is 6.15. The van der Waals surface area contributed by atoms with Crippen LogP contribution in [0.1, 0.15) is 35.8 Å². The van der Waals surface area contributed by atoms with E-state index in [1.165, 1.54) is 19.1 Å². The van der Waals surface area contributed by atoms with Gasteiger partial charge in [0.15, 0.2) is 5.82 Å². The Morgan fingerprint density at radius 2 is 1.96 bits per heavy atom. The smallest absolute Gasteiger partial charge is 0.304 e. The fraction of sp³-hybridized carbons (Fsp3) is 0.150. The predicted octanol–water partition coefficient (Wildman–Crippen LogP) is 3.73. The molecular weight excluding hydrogens is 333 g/mol. The molecule has 0 aliphatic carbocycles. The van der Waals surface area contributed by atoms with Crippen LogP contribution in [0.2, 0.25) is 0 Å². The molecule has 1 unspecified atom stereocenters. The van der Waals surface area contributed by atoms with Crippen molar-refractivity contribution >= 4 is 11.7 Å². The SMILES string of the molecule is CC(=O)OC1N=C(c2ccccc2)c2cc(F)ccc2-n2cc(C)nc21. The number of aryl methyl sites for hydroxylation is 1. The predicted molar refractivity (Wildman–Crippen MR) is 94.8 cm³/mol. The van der Waals surface area contributed by atoms with Crippen LogP contribution in [0.5, 0.6) is 0 Å². The minimum atomic E-state index is -0.910. The van der Waals surface area contributed by atoms with E-state index < -0.39 is 12.2 Å². The first-order chi connectivity index (χ1) is 12.5. The molecule has 0 radical (unpaired) electrons. The third kappa shape index (κ3) is 2.79. The molecule has 3 aromatic rings. The molecule has 0 amide bonds. The van der Waals surface area contributed by atoms with Gasteiger partial charge < -0.3 is 4.74 Å². The maximum Gasteiger partial charge on any atom is 0.304 e. The van der Waals surface area contributed by atoms with Crippen molar-refractivity contribution in [2.75, 3.05) is 0 Å². The van der Waals surface area contributed by atoms with Crippen molar-refractivity contribution in [1.82, 2.24) is 9.55 Å². The number of rotatable bonds is 2. The zero-order chi connectivity index (χ0) is 18.3. The lowest BCUT2D eigenvalue weighted by atomic mass is 10.0. The van der Waals surface area contributed by atoms with E-state index in [1.807, 2.05) is 43.5 Å². The summed E-state index contributed by atoms with van der Waals surface area (Å²) in [5.41, 5.74) is 3.46. The molecule has 1 aliphatic heterocycles. The summed E-state index contributed by atoms with van der Waals surface area (Å²) in [5, 5.41) is 0. The number of ether oxygens (including phenoxy) is 1. The van der Waals surface area contributed by atoms with Crippen LogP contribution in [0.4, 0.5) is 4.39 Å². The molecule has 26 heavy (non-hydrogen) atoms. The number of aliphatic imine (C=N–C) groups is 1. The Balaban J connectivity index is 2.02. The second-order valence-electron chi connectivity index (χ2n) is 6.08. The molecular formula is C20H16FN3O2. The van der Waals surface area contributed by atoms with Gasteiger partial charge in [0.1, 0.15) is 5.82 Å². The minimum absolute atomic E-state index is 0.364. The Bertz CT molecular complexity index is 1020. The first kappa shape index (κ1) is 16.2. The van der Waals surface area contributed by atoms with Gasteiger partial charge in [-0.25, -0.2) is 14.4 Å². The van der Waals surface area contributed by atoms with E-state index in [2.05, 4.69) is 9.98 Å². The van der Waals surface area contributed by atoms with E-state index in [4.69, 9.17) is 4.74 Å². The van der Waals surface area contributed by atoms with Crippen molar-refractivity contribution in [3.63, 3.8) is 0 Å². The Morgan fingerprint density at radius 1 is 1.19 bits per heavy atom. The summed E-state index contributed by atoms with van der Waals surface area (Å²) in [6, 6.07) is 13.9. The van der Waals surface area contributed by atoms with Crippen LogP contribution >= 0.6 is 0 Å². The van der Waals surface area contributed by atoms with Crippen LogP contribution < -0.4 is 0 Å². The largest absolute Gasteiger partial charge is 0.432 e. The molecule has 1 atom stereocenters. The molecule has 130 valence electrons. The number of halogens is 1. The number of hydrogen-bond acceptors (Lipinski definition) is 4. The van der Waals surface area contributed by atoms with Crippen molar-refractivity contribution in [3.8, 4) is 5.69 Å². The first-order valence-electron chi connectivity index (χ1n) is 8.19. The van der Waals surface area contributed by atoms with E-state index in [0.29, 0.717) is 17.1 Å². The average molecular weight is 349 g/mol. The third-order valence-corrected chi connectivity index (χ3v) is 4.12. The summed E-state index contributed by atoms with van der Waals surface area (Å²) < 4.78 is 21.3. The zero-order valence-electron chi connectivity index (χ0n) is 14.3. The lowest BCUT2D eigenvalue weighted by Gasteiger charge is -2.12.